The van der Waals surface area contributed by atoms with Crippen LogP contribution in [0.25, 0.3) is 11.1 Å². The van der Waals surface area contributed by atoms with Crippen LogP contribution >= 0.6 is 0 Å². The molecule has 10 nitrogen and oxygen atoms in total. The zero-order chi connectivity index (χ0) is 23.5. The third-order valence-electron chi connectivity index (χ3n) is 5.48. The Balaban J connectivity index is 1.24. The lowest BCUT2D eigenvalue weighted by atomic mass is 10.2. The van der Waals surface area contributed by atoms with Crippen LogP contribution in [0, 0.1) is 6.92 Å². The minimum absolute atomic E-state index is 0.142. The fourth-order valence-electron chi connectivity index (χ4n) is 3.84. The number of carbonyl (C=O) groups is 1. The maximum Gasteiger partial charge on any atom is 0.420 e. The lowest BCUT2D eigenvalue weighted by molar-refractivity contribution is -0.116. The first-order valence-electron chi connectivity index (χ1n) is 11.0. The molecule has 1 amide bonds. The van der Waals surface area contributed by atoms with Crippen molar-refractivity contribution in [1.82, 2.24) is 14.5 Å². The summed E-state index contributed by atoms with van der Waals surface area (Å²) in [5.41, 5.74) is 3.29. The van der Waals surface area contributed by atoms with Crippen LogP contribution in [0.4, 0.5) is 23.1 Å². The standard InChI is InChI=1S/C24H24N6O4/c1-16-14-21(29-10-12-33-13-11-29)28-23(25-16)27-18-8-6-17(7-9-18)26-22(31)15-30-19-4-2-3-5-20(19)34-24(30)32/h2-9,14H,10-13,15H2,1H3,(H,26,31)(H,25,27,28). The number of carbonyl (C=O) groups excluding carboxylic acids is 1. The van der Waals surface area contributed by atoms with Gasteiger partial charge in [0.25, 0.3) is 0 Å². The van der Waals surface area contributed by atoms with Crippen molar-refractivity contribution in [2.45, 2.75) is 13.5 Å². The first-order valence-corrected chi connectivity index (χ1v) is 11.0. The summed E-state index contributed by atoms with van der Waals surface area (Å²) in [6.45, 7) is 4.76. The molecule has 34 heavy (non-hydrogen) atoms. The van der Waals surface area contributed by atoms with Gasteiger partial charge in [0.05, 0.1) is 18.7 Å². The summed E-state index contributed by atoms with van der Waals surface area (Å²) in [5, 5.41) is 6.02. The number of oxazole rings is 1. The van der Waals surface area contributed by atoms with Crippen LogP contribution in [-0.2, 0) is 16.1 Å². The molecule has 3 heterocycles. The average Bonchev–Trinajstić information content (AvgIpc) is 3.15. The molecule has 1 fully saturated rings. The number of nitrogens with zero attached hydrogens (tertiary/aromatic N) is 4. The molecule has 0 saturated carbocycles. The van der Waals surface area contributed by atoms with Gasteiger partial charge in [0.15, 0.2) is 5.58 Å². The molecule has 0 spiro atoms. The number of morpholine rings is 1. The van der Waals surface area contributed by atoms with E-state index in [1.807, 2.05) is 25.1 Å². The lowest BCUT2D eigenvalue weighted by Gasteiger charge is -2.28. The number of benzene rings is 2. The molecule has 0 bridgehead atoms. The van der Waals surface area contributed by atoms with Crippen molar-refractivity contribution in [3.63, 3.8) is 0 Å². The highest BCUT2D eigenvalue weighted by Gasteiger charge is 2.15. The van der Waals surface area contributed by atoms with Crippen molar-refractivity contribution < 1.29 is 13.9 Å². The Kier molecular flexibility index (Phi) is 5.96. The number of rotatable bonds is 6. The predicted octanol–water partition coefficient (Wildman–Crippen LogP) is 2.91. The number of aryl methyl sites for hydroxylation is 1. The Bertz CT molecular complexity index is 1370. The Morgan fingerprint density at radius 3 is 2.56 bits per heavy atom. The topological polar surface area (TPSA) is 115 Å². The second-order valence-electron chi connectivity index (χ2n) is 7.96. The van der Waals surface area contributed by atoms with Crippen LogP contribution in [0.3, 0.4) is 0 Å². The highest BCUT2D eigenvalue weighted by Crippen LogP contribution is 2.21. The highest BCUT2D eigenvalue weighted by atomic mass is 16.5. The smallest absolute Gasteiger partial charge is 0.408 e. The van der Waals surface area contributed by atoms with Crippen LogP contribution in [-0.4, -0.2) is 46.7 Å². The second-order valence-corrected chi connectivity index (χ2v) is 7.96. The van der Waals surface area contributed by atoms with E-state index in [1.54, 1.807) is 36.4 Å². The minimum Gasteiger partial charge on any atom is -0.408 e. The maximum absolute atomic E-state index is 12.5. The third kappa shape index (κ3) is 4.76. The average molecular weight is 460 g/mol. The summed E-state index contributed by atoms with van der Waals surface area (Å²) < 4.78 is 11.9. The normalized spacial score (nSPS) is 13.7. The first-order chi connectivity index (χ1) is 16.5. The predicted molar refractivity (Wildman–Crippen MR) is 129 cm³/mol. The van der Waals surface area contributed by atoms with Crippen molar-refractivity contribution in [3.8, 4) is 0 Å². The molecule has 1 saturated heterocycles. The molecule has 10 heteroatoms. The Hall–Kier alpha value is -4.18. The quantitative estimate of drug-likeness (QED) is 0.451. The van der Waals surface area contributed by atoms with Crippen LogP contribution in [0.15, 0.2) is 63.8 Å². The van der Waals surface area contributed by atoms with E-state index in [4.69, 9.17) is 9.15 Å². The molecule has 4 aromatic rings. The first kappa shape index (κ1) is 21.7. The molecule has 5 rings (SSSR count). The van der Waals surface area contributed by atoms with Crippen LogP contribution in [0.5, 0.6) is 0 Å². The Morgan fingerprint density at radius 1 is 1.03 bits per heavy atom. The zero-order valence-electron chi connectivity index (χ0n) is 18.7. The van der Waals surface area contributed by atoms with Gasteiger partial charge in [0, 0.05) is 36.2 Å². The van der Waals surface area contributed by atoms with Crippen LogP contribution in [0.2, 0.25) is 0 Å². The molecular weight excluding hydrogens is 436 g/mol. The van der Waals surface area contributed by atoms with Gasteiger partial charge in [0.2, 0.25) is 11.9 Å². The summed E-state index contributed by atoms with van der Waals surface area (Å²) in [4.78, 5) is 35.9. The molecule has 2 N–H and O–H groups in total. The van der Waals surface area contributed by atoms with Gasteiger partial charge in [-0.15, -0.1) is 0 Å². The number of amides is 1. The SMILES string of the molecule is Cc1cc(N2CCOCC2)nc(Nc2ccc(NC(=O)Cn3c(=O)oc4ccccc43)cc2)n1. The Labute approximate surface area is 195 Å². The molecular formula is C24H24N6O4. The van der Waals surface area contributed by atoms with Gasteiger partial charge in [-0.05, 0) is 43.3 Å². The van der Waals surface area contributed by atoms with E-state index in [9.17, 15) is 9.59 Å². The molecule has 0 radical (unpaired) electrons. The number of hydrogen-bond acceptors (Lipinski definition) is 8. The second kappa shape index (κ2) is 9.36. The number of hydrogen-bond donors (Lipinski definition) is 2. The molecule has 174 valence electrons. The number of ether oxygens (including phenoxy) is 1. The fraction of sp³-hybridized carbons (Fsp3) is 0.250. The van der Waals surface area contributed by atoms with Crippen molar-refractivity contribution in [2.24, 2.45) is 0 Å². The summed E-state index contributed by atoms with van der Waals surface area (Å²) in [6.07, 6.45) is 0. The molecule has 0 atom stereocenters. The van der Waals surface area contributed by atoms with Crippen molar-refractivity contribution in [2.75, 3.05) is 41.8 Å². The molecule has 1 aliphatic rings. The minimum atomic E-state index is -0.564. The fourth-order valence-corrected chi connectivity index (χ4v) is 3.84. The van der Waals surface area contributed by atoms with Gasteiger partial charge < -0.3 is 24.7 Å². The zero-order valence-corrected chi connectivity index (χ0v) is 18.7. The molecule has 0 unspecified atom stereocenters. The largest absolute Gasteiger partial charge is 0.420 e. The Morgan fingerprint density at radius 2 is 1.76 bits per heavy atom. The third-order valence-corrected chi connectivity index (χ3v) is 5.48. The van der Waals surface area contributed by atoms with E-state index in [1.165, 1.54) is 4.57 Å². The van der Waals surface area contributed by atoms with E-state index in [2.05, 4.69) is 25.5 Å². The van der Waals surface area contributed by atoms with Crippen LogP contribution < -0.4 is 21.3 Å². The van der Waals surface area contributed by atoms with Gasteiger partial charge >= 0.3 is 5.76 Å². The summed E-state index contributed by atoms with van der Waals surface area (Å²) in [6, 6.07) is 16.2. The molecule has 2 aromatic heterocycles. The molecule has 0 aliphatic carbocycles. The number of fused-ring (bicyclic) bond motifs is 1. The van der Waals surface area contributed by atoms with Gasteiger partial charge in [-0.1, -0.05) is 12.1 Å². The van der Waals surface area contributed by atoms with Gasteiger partial charge in [0.1, 0.15) is 12.4 Å². The summed E-state index contributed by atoms with van der Waals surface area (Å²) in [5.74, 6) is 0.478. The number of anilines is 4. The van der Waals surface area contributed by atoms with Crippen LogP contribution in [0.1, 0.15) is 5.69 Å². The van der Waals surface area contributed by atoms with E-state index >= 15 is 0 Å². The number of para-hydroxylation sites is 2. The number of nitrogens with one attached hydrogen (secondary N) is 2. The molecule has 2 aromatic carbocycles. The number of aromatic nitrogens is 3. The van der Waals surface area contributed by atoms with E-state index < -0.39 is 5.76 Å². The van der Waals surface area contributed by atoms with Crippen molar-refractivity contribution in [3.05, 3.63) is 70.8 Å². The van der Waals surface area contributed by atoms with Gasteiger partial charge in [-0.25, -0.2) is 9.78 Å². The summed E-state index contributed by atoms with van der Waals surface area (Å²) >= 11 is 0. The highest BCUT2D eigenvalue weighted by molar-refractivity contribution is 5.91. The van der Waals surface area contributed by atoms with E-state index in [-0.39, 0.29) is 12.5 Å². The van der Waals surface area contributed by atoms with E-state index in [0.717, 1.165) is 30.3 Å². The molecule has 1 aliphatic heterocycles. The van der Waals surface area contributed by atoms with Crippen molar-refractivity contribution in [1.29, 1.82) is 0 Å². The van der Waals surface area contributed by atoms with Crippen molar-refractivity contribution >= 4 is 40.1 Å². The monoisotopic (exact) mass is 460 g/mol. The van der Waals surface area contributed by atoms with Gasteiger partial charge in [-0.3, -0.25) is 9.36 Å². The van der Waals surface area contributed by atoms with Gasteiger partial charge in [-0.2, -0.15) is 4.98 Å². The summed E-state index contributed by atoms with van der Waals surface area (Å²) in [7, 11) is 0. The van der Waals surface area contributed by atoms with E-state index in [0.29, 0.717) is 35.9 Å². The lowest BCUT2D eigenvalue weighted by Crippen LogP contribution is -2.36. The maximum atomic E-state index is 12.5.